The quantitative estimate of drug-likeness (QED) is 0.700. The number of fused-ring (bicyclic) bond motifs is 1. The maximum Gasteiger partial charge on any atom is 0.492 e. The van der Waals surface area contributed by atoms with Gasteiger partial charge in [-0.1, -0.05) is 30.3 Å². The molecule has 3 rings (SSSR count). The van der Waals surface area contributed by atoms with Crippen molar-refractivity contribution < 1.29 is 14.5 Å². The molecule has 0 fully saturated rings. The van der Waals surface area contributed by atoms with Gasteiger partial charge >= 0.3 is 7.12 Å². The molecule has 1 N–H and O–H groups in total. The average molecular weight is 308 g/mol. The zero-order chi connectivity index (χ0) is 16.8. The summed E-state index contributed by atoms with van der Waals surface area (Å²) < 4.78 is 5.56. The molecule has 0 atom stereocenters. The third-order valence-corrected chi connectivity index (χ3v) is 4.63. The molecule has 1 heterocycles. The van der Waals surface area contributed by atoms with Crippen molar-refractivity contribution in [2.45, 2.75) is 39.7 Å². The lowest BCUT2D eigenvalue weighted by Crippen LogP contribution is -2.29. The molecule has 0 saturated carbocycles. The fourth-order valence-corrected chi connectivity index (χ4v) is 3.08. The summed E-state index contributed by atoms with van der Waals surface area (Å²) in [7, 11) is -0.920. The van der Waals surface area contributed by atoms with Crippen LogP contribution in [0.4, 0.5) is 0 Å². The highest BCUT2D eigenvalue weighted by Gasteiger charge is 2.40. The van der Waals surface area contributed by atoms with Gasteiger partial charge in [0, 0.05) is 12.0 Å². The van der Waals surface area contributed by atoms with Crippen molar-refractivity contribution in [2.24, 2.45) is 0 Å². The monoisotopic (exact) mass is 308 g/mol. The maximum atomic E-state index is 12.5. The molecule has 0 aromatic heterocycles. The molecule has 2 aromatic carbocycles. The molecule has 2 aromatic rings. The summed E-state index contributed by atoms with van der Waals surface area (Å²) in [5.41, 5.74) is 5.17. The predicted octanol–water partition coefficient (Wildman–Crippen LogP) is 2.68. The normalized spacial score (nSPS) is 15.6. The number of rotatable bonds is 3. The van der Waals surface area contributed by atoms with Crippen molar-refractivity contribution in [3.8, 4) is 0 Å². The Kier molecular flexibility index (Phi) is 3.90. The van der Waals surface area contributed by atoms with Gasteiger partial charge in [-0.25, -0.2) is 0 Å². The van der Waals surface area contributed by atoms with Crippen LogP contribution in [-0.2, 0) is 16.7 Å². The number of carbonyl (C=O) groups is 1. The van der Waals surface area contributed by atoms with E-state index in [4.69, 9.17) is 4.65 Å². The van der Waals surface area contributed by atoms with Crippen LogP contribution in [0.15, 0.2) is 36.4 Å². The lowest BCUT2D eigenvalue weighted by atomic mass is 9.77. The smallest absolute Gasteiger partial charge is 0.423 e. The third-order valence-electron chi connectivity index (χ3n) is 4.63. The first kappa shape index (κ1) is 16.0. The summed E-state index contributed by atoms with van der Waals surface area (Å²) in [5.74, 6) is 0.0840. The topological polar surface area (TPSA) is 46.5 Å². The van der Waals surface area contributed by atoms with Gasteiger partial charge in [-0.3, -0.25) is 4.79 Å². The zero-order valence-corrected chi connectivity index (χ0v) is 14.0. The first-order valence-corrected chi connectivity index (χ1v) is 7.87. The highest BCUT2D eigenvalue weighted by molar-refractivity contribution is 6.62. The summed E-state index contributed by atoms with van der Waals surface area (Å²) in [6.45, 7) is 7.91. The van der Waals surface area contributed by atoms with E-state index in [2.05, 4.69) is 0 Å². The van der Waals surface area contributed by atoms with Crippen LogP contribution in [0.5, 0.6) is 0 Å². The van der Waals surface area contributed by atoms with E-state index < -0.39 is 12.7 Å². The number of carbonyl (C=O) groups excluding carboxylic acids is 1. The third kappa shape index (κ3) is 2.97. The molecule has 23 heavy (non-hydrogen) atoms. The SMILES string of the molecule is Cc1ccc(C(=O)Cc2ccc3c(c2)B(O)OC3(C)C)cc1C. The number of aryl methyl sites for hydroxylation is 2. The van der Waals surface area contributed by atoms with Crippen molar-refractivity contribution in [1.82, 2.24) is 0 Å². The minimum absolute atomic E-state index is 0.0840. The molecule has 1 aliphatic rings. The Morgan fingerprint density at radius 2 is 1.87 bits per heavy atom. The first-order chi connectivity index (χ1) is 10.8. The van der Waals surface area contributed by atoms with Gasteiger partial charge in [-0.05, 0) is 61.5 Å². The van der Waals surface area contributed by atoms with Crippen molar-refractivity contribution in [3.63, 3.8) is 0 Å². The van der Waals surface area contributed by atoms with E-state index in [1.54, 1.807) is 0 Å². The second-order valence-electron chi connectivity index (χ2n) is 6.80. The molecule has 118 valence electrons. The molecule has 0 unspecified atom stereocenters. The van der Waals surface area contributed by atoms with Gasteiger partial charge in [-0.2, -0.15) is 0 Å². The Balaban J connectivity index is 1.85. The van der Waals surface area contributed by atoms with E-state index in [0.717, 1.165) is 27.7 Å². The highest BCUT2D eigenvalue weighted by atomic mass is 16.5. The van der Waals surface area contributed by atoms with Crippen LogP contribution in [0.2, 0.25) is 0 Å². The summed E-state index contributed by atoms with van der Waals surface area (Å²) in [5, 5.41) is 10.1. The van der Waals surface area contributed by atoms with Crippen LogP contribution in [0.1, 0.15) is 46.5 Å². The van der Waals surface area contributed by atoms with Gasteiger partial charge in [0.15, 0.2) is 5.78 Å². The fraction of sp³-hybridized carbons (Fsp3) is 0.316. The van der Waals surface area contributed by atoms with Crippen LogP contribution in [-0.4, -0.2) is 17.9 Å². The molecular weight excluding hydrogens is 287 g/mol. The van der Waals surface area contributed by atoms with Crippen LogP contribution in [0.3, 0.4) is 0 Å². The Morgan fingerprint density at radius 1 is 1.13 bits per heavy atom. The number of hydrogen-bond donors (Lipinski definition) is 1. The molecule has 0 bridgehead atoms. The van der Waals surface area contributed by atoms with Gasteiger partial charge in [0.1, 0.15) is 0 Å². The lowest BCUT2D eigenvalue weighted by Gasteiger charge is -2.19. The number of hydrogen-bond acceptors (Lipinski definition) is 3. The fourth-order valence-electron chi connectivity index (χ4n) is 3.08. The molecule has 0 radical (unpaired) electrons. The van der Waals surface area contributed by atoms with Gasteiger partial charge in [0.2, 0.25) is 0 Å². The first-order valence-electron chi connectivity index (χ1n) is 7.87. The highest BCUT2D eigenvalue weighted by Crippen LogP contribution is 2.30. The van der Waals surface area contributed by atoms with Crippen molar-refractivity contribution in [1.29, 1.82) is 0 Å². The van der Waals surface area contributed by atoms with E-state index in [1.807, 2.05) is 64.1 Å². The van der Waals surface area contributed by atoms with Crippen molar-refractivity contribution in [2.75, 3.05) is 0 Å². The van der Waals surface area contributed by atoms with Crippen LogP contribution >= 0.6 is 0 Å². The Labute approximate surface area is 137 Å². The van der Waals surface area contributed by atoms with Crippen LogP contribution in [0, 0.1) is 13.8 Å². The molecule has 4 heteroatoms. The maximum absolute atomic E-state index is 12.5. The molecule has 0 spiro atoms. The number of Topliss-reactive ketones (excluding diaryl/α,β-unsaturated/α-hetero) is 1. The summed E-state index contributed by atoms with van der Waals surface area (Å²) >= 11 is 0. The van der Waals surface area contributed by atoms with E-state index in [1.165, 1.54) is 5.56 Å². The number of benzene rings is 2. The van der Waals surface area contributed by atoms with Gasteiger partial charge in [0.25, 0.3) is 0 Å². The molecular formula is C19H21BO3. The van der Waals surface area contributed by atoms with Crippen molar-refractivity contribution >= 4 is 18.4 Å². The summed E-state index contributed by atoms with van der Waals surface area (Å²) in [6.07, 6.45) is 0.322. The average Bonchev–Trinajstić information content (AvgIpc) is 2.71. The minimum Gasteiger partial charge on any atom is -0.423 e. The summed E-state index contributed by atoms with van der Waals surface area (Å²) in [4.78, 5) is 12.5. The predicted molar refractivity (Wildman–Crippen MR) is 92.1 cm³/mol. The molecule has 1 aliphatic heterocycles. The van der Waals surface area contributed by atoms with Crippen LogP contribution < -0.4 is 5.46 Å². The van der Waals surface area contributed by atoms with Gasteiger partial charge < -0.3 is 9.68 Å². The Bertz CT molecular complexity index is 780. The van der Waals surface area contributed by atoms with Crippen molar-refractivity contribution in [3.05, 3.63) is 64.2 Å². The second-order valence-corrected chi connectivity index (χ2v) is 6.80. The molecule has 0 saturated heterocycles. The van der Waals surface area contributed by atoms with Gasteiger partial charge in [0.05, 0.1) is 5.60 Å². The Morgan fingerprint density at radius 3 is 2.57 bits per heavy atom. The zero-order valence-electron chi connectivity index (χ0n) is 14.0. The van der Waals surface area contributed by atoms with E-state index in [9.17, 15) is 9.82 Å². The molecule has 3 nitrogen and oxygen atoms in total. The van der Waals surface area contributed by atoms with Gasteiger partial charge in [-0.15, -0.1) is 0 Å². The summed E-state index contributed by atoms with van der Waals surface area (Å²) in [6, 6.07) is 11.6. The largest absolute Gasteiger partial charge is 0.492 e. The van der Waals surface area contributed by atoms with Crippen LogP contribution in [0.25, 0.3) is 0 Å². The standard InChI is InChI=1S/C19H21BO3/c1-12-5-7-15(9-13(12)2)18(21)11-14-6-8-16-17(10-14)20(22)23-19(16,3)4/h5-10,22H,11H2,1-4H3. The van der Waals surface area contributed by atoms with E-state index in [0.29, 0.717) is 6.42 Å². The lowest BCUT2D eigenvalue weighted by molar-refractivity contribution is 0.0991. The molecule has 0 amide bonds. The second kappa shape index (κ2) is 5.62. The minimum atomic E-state index is -0.920. The Hall–Kier alpha value is -1.91. The van der Waals surface area contributed by atoms with E-state index >= 15 is 0 Å². The number of ketones is 1. The molecule has 0 aliphatic carbocycles. The van der Waals surface area contributed by atoms with E-state index in [-0.39, 0.29) is 5.78 Å².